The zero-order valence-electron chi connectivity index (χ0n) is 19.6. The van der Waals surface area contributed by atoms with Crippen LogP contribution in [-0.2, 0) is 11.8 Å². The third-order valence-corrected chi connectivity index (χ3v) is 6.28. The van der Waals surface area contributed by atoms with Crippen LogP contribution in [0, 0.1) is 17.1 Å². The largest absolute Gasteiger partial charge is 0.416 e. The number of aliphatic hydroxyl groups is 1. The number of carbonyl (C=O) groups excluding carboxylic acids is 1. The maximum atomic E-state index is 13.8. The van der Waals surface area contributed by atoms with Crippen molar-refractivity contribution in [2.75, 3.05) is 32.5 Å². The van der Waals surface area contributed by atoms with Crippen LogP contribution in [0.25, 0.3) is 0 Å². The molecule has 0 aromatic heterocycles. The molecular formula is C25H28F4N4O2. The molecule has 1 aliphatic rings. The third-order valence-electron chi connectivity index (χ3n) is 6.28. The molecule has 6 nitrogen and oxygen atoms in total. The molecule has 35 heavy (non-hydrogen) atoms. The molecule has 2 N–H and O–H groups in total. The van der Waals surface area contributed by atoms with E-state index >= 15 is 0 Å². The molecule has 2 aromatic rings. The summed E-state index contributed by atoms with van der Waals surface area (Å²) < 4.78 is 53.0. The lowest BCUT2D eigenvalue weighted by atomic mass is 9.77. The van der Waals surface area contributed by atoms with E-state index in [1.54, 1.807) is 24.3 Å². The molecule has 188 valence electrons. The Labute approximate surface area is 201 Å². The van der Waals surface area contributed by atoms with Crippen LogP contribution in [0.5, 0.6) is 0 Å². The van der Waals surface area contributed by atoms with Crippen molar-refractivity contribution in [3.05, 3.63) is 65.0 Å². The summed E-state index contributed by atoms with van der Waals surface area (Å²) >= 11 is 0. The first-order valence-corrected chi connectivity index (χ1v) is 11.2. The summed E-state index contributed by atoms with van der Waals surface area (Å²) in [6, 6.07) is 9.86. The van der Waals surface area contributed by atoms with Gasteiger partial charge < -0.3 is 20.2 Å². The predicted octanol–water partition coefficient (Wildman–Crippen LogP) is 4.94. The molecule has 0 saturated heterocycles. The molecule has 0 unspecified atom stereocenters. The number of nitrogens with one attached hydrogen (secondary N) is 1. The average Bonchev–Trinajstić information content (AvgIpc) is 2.79. The number of alkyl halides is 3. The Kier molecular flexibility index (Phi) is 8.03. The monoisotopic (exact) mass is 492 g/mol. The fraction of sp³-hybridized carbons (Fsp3) is 0.440. The van der Waals surface area contributed by atoms with Crippen molar-refractivity contribution < 1.29 is 27.5 Å². The van der Waals surface area contributed by atoms with E-state index in [9.17, 15) is 27.5 Å². The van der Waals surface area contributed by atoms with E-state index in [1.165, 1.54) is 4.90 Å². The Bertz CT molecular complexity index is 1090. The summed E-state index contributed by atoms with van der Waals surface area (Å²) in [5.41, 5.74) is -1.53. The van der Waals surface area contributed by atoms with Crippen molar-refractivity contribution in [2.45, 2.75) is 43.5 Å². The number of carbonyl (C=O) groups is 1. The van der Waals surface area contributed by atoms with Crippen LogP contribution >= 0.6 is 0 Å². The van der Waals surface area contributed by atoms with Gasteiger partial charge in [-0.3, -0.25) is 0 Å². The van der Waals surface area contributed by atoms with Crippen LogP contribution < -0.4 is 5.32 Å². The molecule has 3 rings (SSSR count). The molecule has 0 atom stereocenters. The summed E-state index contributed by atoms with van der Waals surface area (Å²) in [4.78, 5) is 16.5. The van der Waals surface area contributed by atoms with Crippen LogP contribution in [0.3, 0.4) is 0 Å². The Morgan fingerprint density at radius 1 is 1.17 bits per heavy atom. The zero-order valence-corrected chi connectivity index (χ0v) is 19.6. The van der Waals surface area contributed by atoms with Crippen LogP contribution in [0.15, 0.2) is 42.5 Å². The first kappa shape index (κ1) is 26.4. The van der Waals surface area contributed by atoms with Gasteiger partial charge >= 0.3 is 12.2 Å². The second-order valence-corrected chi connectivity index (χ2v) is 9.11. The van der Waals surface area contributed by atoms with Gasteiger partial charge in [0.05, 0.1) is 22.8 Å². The van der Waals surface area contributed by atoms with Crippen molar-refractivity contribution >= 4 is 11.7 Å². The van der Waals surface area contributed by atoms with Crippen LogP contribution in [0.4, 0.5) is 28.0 Å². The highest BCUT2D eigenvalue weighted by molar-refractivity contribution is 5.89. The number of hydrogen-bond donors (Lipinski definition) is 2. The highest BCUT2D eigenvalue weighted by Gasteiger charge is 2.38. The van der Waals surface area contributed by atoms with Crippen molar-refractivity contribution in [1.29, 1.82) is 5.26 Å². The number of nitriles is 1. The number of benzene rings is 2. The Morgan fingerprint density at radius 3 is 2.46 bits per heavy atom. The van der Waals surface area contributed by atoms with Crippen molar-refractivity contribution in [3.63, 3.8) is 0 Å². The van der Waals surface area contributed by atoms with Gasteiger partial charge in [0.1, 0.15) is 5.82 Å². The van der Waals surface area contributed by atoms with E-state index < -0.39 is 29.2 Å². The number of anilines is 1. The number of likely N-dealkylation sites (N-methyl/N-ethyl adjacent to an activating group) is 1. The van der Waals surface area contributed by atoms with E-state index in [1.807, 2.05) is 19.0 Å². The van der Waals surface area contributed by atoms with Crippen LogP contribution in [0.1, 0.15) is 42.4 Å². The topological polar surface area (TPSA) is 79.6 Å². The standard InChI is InChI=1S/C25H28F4N4O2/c1-32(2)10-11-33(23(34)31-21-14-19(25(27,28)29)13-20(26)15-21)22-6-8-24(35,9-7-22)18-5-3-4-17(12-18)16-30/h3-5,12-15,22,35H,6-11H2,1-2H3,(H,31,34)/t22-,24+. The molecule has 2 aromatic carbocycles. The SMILES string of the molecule is CN(C)CCN(C(=O)Nc1cc(F)cc(C(F)(F)F)c1)[C@H]1CC[C@](O)(c2cccc(C#N)c2)CC1. The summed E-state index contributed by atoms with van der Waals surface area (Å²) in [6.45, 7) is 0.808. The van der Waals surface area contributed by atoms with Crippen LogP contribution in [-0.4, -0.2) is 54.2 Å². The molecule has 0 aliphatic heterocycles. The number of hydrogen-bond acceptors (Lipinski definition) is 4. The second kappa shape index (κ2) is 10.6. The average molecular weight is 493 g/mol. The molecule has 2 amide bonds. The lowest BCUT2D eigenvalue weighted by Gasteiger charge is -2.41. The van der Waals surface area contributed by atoms with Crippen LogP contribution in [0.2, 0.25) is 0 Å². The smallest absolute Gasteiger partial charge is 0.385 e. The third kappa shape index (κ3) is 6.71. The van der Waals surface area contributed by atoms with Gasteiger partial charge in [0, 0.05) is 24.8 Å². The fourth-order valence-electron chi connectivity index (χ4n) is 4.34. The number of urea groups is 1. The van der Waals surface area contributed by atoms with Gasteiger partial charge in [-0.25, -0.2) is 9.18 Å². The van der Waals surface area contributed by atoms with E-state index in [2.05, 4.69) is 11.4 Å². The highest BCUT2D eigenvalue weighted by Crippen LogP contribution is 2.39. The van der Waals surface area contributed by atoms with Crippen molar-refractivity contribution in [2.24, 2.45) is 0 Å². The molecule has 1 aliphatic carbocycles. The molecule has 0 radical (unpaired) electrons. The molecule has 0 spiro atoms. The first-order chi connectivity index (χ1) is 16.4. The second-order valence-electron chi connectivity index (χ2n) is 9.11. The van der Waals surface area contributed by atoms with Gasteiger partial charge in [0.15, 0.2) is 0 Å². The summed E-state index contributed by atoms with van der Waals surface area (Å²) in [5, 5.41) is 22.8. The number of amides is 2. The van der Waals surface area contributed by atoms with Crippen molar-refractivity contribution in [1.82, 2.24) is 9.80 Å². The quantitative estimate of drug-likeness (QED) is 0.560. The lowest BCUT2D eigenvalue weighted by Crippen LogP contribution is -2.49. The van der Waals surface area contributed by atoms with E-state index in [4.69, 9.17) is 5.26 Å². The Balaban J connectivity index is 1.77. The number of rotatable bonds is 6. The van der Waals surface area contributed by atoms with E-state index in [0.717, 1.165) is 6.07 Å². The van der Waals surface area contributed by atoms with E-state index in [0.29, 0.717) is 62.0 Å². The summed E-state index contributed by atoms with van der Waals surface area (Å²) in [6.07, 6.45) is -3.16. The molecule has 0 bridgehead atoms. The fourth-order valence-corrected chi connectivity index (χ4v) is 4.34. The van der Waals surface area contributed by atoms with Crippen molar-refractivity contribution in [3.8, 4) is 6.07 Å². The van der Waals surface area contributed by atoms with Gasteiger partial charge in [0.25, 0.3) is 0 Å². The molecule has 10 heteroatoms. The van der Waals surface area contributed by atoms with Gasteiger partial charge in [-0.05, 0) is 75.7 Å². The first-order valence-electron chi connectivity index (χ1n) is 11.2. The summed E-state index contributed by atoms with van der Waals surface area (Å²) in [5.74, 6) is -1.10. The normalized spacial score (nSPS) is 20.4. The highest BCUT2D eigenvalue weighted by atomic mass is 19.4. The van der Waals surface area contributed by atoms with Gasteiger partial charge in [-0.15, -0.1) is 0 Å². The minimum absolute atomic E-state index is 0.273. The maximum absolute atomic E-state index is 13.8. The molecule has 1 fully saturated rings. The summed E-state index contributed by atoms with van der Waals surface area (Å²) in [7, 11) is 3.67. The number of nitrogens with zero attached hydrogens (tertiary/aromatic N) is 3. The predicted molar refractivity (Wildman–Crippen MR) is 123 cm³/mol. The van der Waals surface area contributed by atoms with E-state index in [-0.39, 0.29) is 11.7 Å². The van der Waals surface area contributed by atoms with Gasteiger partial charge in [0.2, 0.25) is 0 Å². The Morgan fingerprint density at radius 2 is 1.86 bits per heavy atom. The minimum atomic E-state index is -4.75. The minimum Gasteiger partial charge on any atom is -0.385 e. The Hall–Kier alpha value is -3.16. The zero-order chi connectivity index (χ0) is 25.8. The van der Waals surface area contributed by atoms with Gasteiger partial charge in [-0.2, -0.15) is 18.4 Å². The number of halogens is 4. The van der Waals surface area contributed by atoms with Gasteiger partial charge in [-0.1, -0.05) is 12.1 Å². The lowest BCUT2D eigenvalue weighted by molar-refractivity contribution is -0.137. The molecule has 0 heterocycles. The maximum Gasteiger partial charge on any atom is 0.416 e. The molecular weight excluding hydrogens is 464 g/mol. The molecule has 1 saturated carbocycles.